The highest BCUT2D eigenvalue weighted by Crippen LogP contribution is 2.27. The van der Waals surface area contributed by atoms with Crippen LogP contribution in [0.2, 0.25) is 0 Å². The molecule has 1 N–H and O–H groups in total. The van der Waals surface area contributed by atoms with Crippen LogP contribution in [-0.4, -0.2) is 32.0 Å². The van der Waals surface area contributed by atoms with Gasteiger partial charge in [-0.2, -0.15) is 0 Å². The zero-order valence-corrected chi connectivity index (χ0v) is 16.6. The Morgan fingerprint density at radius 1 is 0.833 bits per heavy atom. The second-order valence-corrected chi connectivity index (χ2v) is 6.94. The number of nitrogens with zero attached hydrogens (tertiary/aromatic N) is 4. The van der Waals surface area contributed by atoms with E-state index in [1.165, 1.54) is 0 Å². The molecule has 150 valence electrons. The number of carbonyl (C=O) groups excluding carboxylic acids is 1. The number of rotatable bonds is 8. The van der Waals surface area contributed by atoms with Crippen molar-refractivity contribution >= 4 is 5.91 Å². The quantitative estimate of drug-likeness (QED) is 0.492. The zero-order valence-electron chi connectivity index (χ0n) is 16.6. The third-order valence-corrected chi connectivity index (χ3v) is 4.95. The lowest BCUT2D eigenvalue weighted by Crippen LogP contribution is -2.28. The summed E-state index contributed by atoms with van der Waals surface area (Å²) in [4.78, 5) is 25.6. The van der Waals surface area contributed by atoms with Crippen LogP contribution in [0.25, 0.3) is 11.6 Å². The average Bonchev–Trinajstić information content (AvgIpc) is 3.28. The molecule has 6 heteroatoms. The number of benzene rings is 2. The number of hydrogen-bond donors (Lipinski definition) is 1. The van der Waals surface area contributed by atoms with Crippen molar-refractivity contribution in [2.45, 2.75) is 18.9 Å². The van der Waals surface area contributed by atoms with Gasteiger partial charge in [-0.3, -0.25) is 4.79 Å². The standard InChI is InChI=1S/C24H23N5O/c30-22(18-21(19-8-3-1-4-9-19)20-10-5-2-6-11-20)25-14-16-29-17-15-28-24(29)23-26-12-7-13-27-23/h1-13,15,17,21H,14,16,18H2,(H,25,30). The Morgan fingerprint density at radius 2 is 1.47 bits per heavy atom. The van der Waals surface area contributed by atoms with Gasteiger partial charge in [0.05, 0.1) is 0 Å². The molecule has 0 saturated carbocycles. The molecule has 0 atom stereocenters. The maximum Gasteiger partial charge on any atom is 0.221 e. The fraction of sp³-hybridized carbons (Fsp3) is 0.167. The molecule has 0 aliphatic carbocycles. The van der Waals surface area contributed by atoms with Gasteiger partial charge >= 0.3 is 0 Å². The fourth-order valence-electron chi connectivity index (χ4n) is 3.48. The summed E-state index contributed by atoms with van der Waals surface area (Å²) in [5, 5.41) is 3.04. The van der Waals surface area contributed by atoms with Crippen LogP contribution in [0, 0.1) is 0 Å². The summed E-state index contributed by atoms with van der Waals surface area (Å²) in [6.07, 6.45) is 7.36. The first kappa shape index (κ1) is 19.5. The molecule has 0 aliphatic rings. The smallest absolute Gasteiger partial charge is 0.221 e. The molecule has 4 rings (SSSR count). The molecule has 0 radical (unpaired) electrons. The van der Waals surface area contributed by atoms with Crippen molar-refractivity contribution in [3.8, 4) is 11.6 Å². The SMILES string of the molecule is O=C(CC(c1ccccc1)c1ccccc1)NCCn1ccnc1-c1ncccn1. The van der Waals surface area contributed by atoms with E-state index in [0.29, 0.717) is 31.2 Å². The van der Waals surface area contributed by atoms with Crippen molar-refractivity contribution in [2.75, 3.05) is 6.54 Å². The van der Waals surface area contributed by atoms with Gasteiger partial charge in [-0.15, -0.1) is 0 Å². The van der Waals surface area contributed by atoms with Crippen molar-refractivity contribution in [1.29, 1.82) is 0 Å². The molecule has 0 saturated heterocycles. The Hall–Kier alpha value is -3.80. The van der Waals surface area contributed by atoms with Gasteiger partial charge in [0.1, 0.15) is 0 Å². The first-order valence-electron chi connectivity index (χ1n) is 9.96. The van der Waals surface area contributed by atoms with E-state index in [1.807, 2.05) is 47.2 Å². The molecule has 0 fully saturated rings. The molecule has 6 nitrogen and oxygen atoms in total. The van der Waals surface area contributed by atoms with E-state index in [9.17, 15) is 4.79 Å². The average molecular weight is 397 g/mol. The number of aromatic nitrogens is 4. The summed E-state index contributed by atoms with van der Waals surface area (Å²) in [5.41, 5.74) is 2.27. The molecule has 2 aromatic heterocycles. The minimum absolute atomic E-state index is 0.0188. The van der Waals surface area contributed by atoms with Crippen molar-refractivity contribution in [1.82, 2.24) is 24.8 Å². The number of amides is 1. The van der Waals surface area contributed by atoms with Crippen molar-refractivity contribution in [3.63, 3.8) is 0 Å². The second kappa shape index (κ2) is 9.60. The Labute approximate surface area is 175 Å². The highest BCUT2D eigenvalue weighted by molar-refractivity contribution is 5.77. The molecular formula is C24H23N5O. The first-order chi connectivity index (χ1) is 14.8. The van der Waals surface area contributed by atoms with Crippen LogP contribution in [0.15, 0.2) is 91.5 Å². The predicted molar refractivity (Wildman–Crippen MR) is 116 cm³/mol. The molecule has 0 aliphatic heterocycles. The molecule has 1 amide bonds. The van der Waals surface area contributed by atoms with Crippen LogP contribution in [0.5, 0.6) is 0 Å². The van der Waals surface area contributed by atoms with Gasteiger partial charge in [0.15, 0.2) is 11.6 Å². The third-order valence-electron chi connectivity index (χ3n) is 4.95. The van der Waals surface area contributed by atoms with E-state index in [4.69, 9.17) is 0 Å². The molecule has 4 aromatic rings. The summed E-state index contributed by atoms with van der Waals surface area (Å²) >= 11 is 0. The third kappa shape index (κ3) is 4.78. The van der Waals surface area contributed by atoms with Crippen LogP contribution in [0.1, 0.15) is 23.5 Å². The van der Waals surface area contributed by atoms with Gasteiger partial charge in [0.2, 0.25) is 5.91 Å². The van der Waals surface area contributed by atoms with Gasteiger partial charge in [-0.1, -0.05) is 60.7 Å². The lowest BCUT2D eigenvalue weighted by molar-refractivity contribution is -0.121. The summed E-state index contributed by atoms with van der Waals surface area (Å²) in [5.74, 6) is 1.30. The second-order valence-electron chi connectivity index (χ2n) is 6.94. The van der Waals surface area contributed by atoms with Gasteiger partial charge in [0, 0.05) is 50.2 Å². The van der Waals surface area contributed by atoms with E-state index < -0.39 is 0 Å². The van der Waals surface area contributed by atoms with Gasteiger partial charge in [-0.05, 0) is 17.2 Å². The van der Waals surface area contributed by atoms with Gasteiger partial charge < -0.3 is 9.88 Å². The maximum absolute atomic E-state index is 12.7. The summed E-state index contributed by atoms with van der Waals surface area (Å²) in [6, 6.07) is 22.1. The van der Waals surface area contributed by atoms with Crippen LogP contribution in [0.3, 0.4) is 0 Å². The summed E-state index contributed by atoms with van der Waals surface area (Å²) in [6.45, 7) is 1.10. The fourth-order valence-corrected chi connectivity index (χ4v) is 3.48. The predicted octanol–water partition coefficient (Wildman–Crippen LogP) is 3.68. The highest BCUT2D eigenvalue weighted by atomic mass is 16.1. The van der Waals surface area contributed by atoms with Crippen molar-refractivity contribution in [3.05, 3.63) is 103 Å². The summed E-state index contributed by atoms with van der Waals surface area (Å²) < 4.78 is 1.95. The van der Waals surface area contributed by atoms with E-state index >= 15 is 0 Å². The molecule has 0 unspecified atom stereocenters. The molecule has 0 spiro atoms. The van der Waals surface area contributed by atoms with E-state index in [-0.39, 0.29) is 11.8 Å². The number of nitrogens with one attached hydrogen (secondary N) is 1. The van der Waals surface area contributed by atoms with E-state index in [1.54, 1.807) is 24.7 Å². The normalized spacial score (nSPS) is 10.8. The molecule has 2 heterocycles. The van der Waals surface area contributed by atoms with E-state index in [0.717, 1.165) is 11.1 Å². The van der Waals surface area contributed by atoms with Gasteiger partial charge in [-0.25, -0.2) is 15.0 Å². The van der Waals surface area contributed by atoms with Crippen LogP contribution >= 0.6 is 0 Å². The molecule has 0 bridgehead atoms. The summed E-state index contributed by atoms with van der Waals surface area (Å²) in [7, 11) is 0. The Kier molecular flexibility index (Phi) is 6.25. The van der Waals surface area contributed by atoms with Crippen LogP contribution in [-0.2, 0) is 11.3 Å². The lowest BCUT2D eigenvalue weighted by atomic mass is 9.88. The van der Waals surface area contributed by atoms with E-state index in [2.05, 4.69) is 44.5 Å². The number of imidazole rings is 1. The minimum Gasteiger partial charge on any atom is -0.354 e. The van der Waals surface area contributed by atoms with Crippen molar-refractivity contribution < 1.29 is 4.79 Å². The lowest BCUT2D eigenvalue weighted by Gasteiger charge is -2.18. The monoisotopic (exact) mass is 397 g/mol. The maximum atomic E-state index is 12.7. The topological polar surface area (TPSA) is 72.7 Å². The molecule has 30 heavy (non-hydrogen) atoms. The van der Waals surface area contributed by atoms with Crippen LogP contribution in [0.4, 0.5) is 0 Å². The largest absolute Gasteiger partial charge is 0.354 e. The van der Waals surface area contributed by atoms with Crippen molar-refractivity contribution in [2.24, 2.45) is 0 Å². The Balaban J connectivity index is 1.39. The number of hydrogen-bond acceptors (Lipinski definition) is 4. The highest BCUT2D eigenvalue weighted by Gasteiger charge is 2.18. The minimum atomic E-state index is 0.0188. The van der Waals surface area contributed by atoms with Gasteiger partial charge in [0.25, 0.3) is 0 Å². The number of carbonyl (C=O) groups is 1. The Morgan fingerprint density at radius 3 is 2.10 bits per heavy atom. The molecular weight excluding hydrogens is 374 g/mol. The molecule has 2 aromatic carbocycles. The van der Waals surface area contributed by atoms with Crippen LogP contribution < -0.4 is 5.32 Å². The zero-order chi connectivity index (χ0) is 20.6. The first-order valence-corrected chi connectivity index (χ1v) is 9.96. The Bertz CT molecular complexity index is 1020.